The first kappa shape index (κ1) is 12.3. The van der Waals surface area contributed by atoms with Crippen LogP contribution >= 0.6 is 11.3 Å². The van der Waals surface area contributed by atoms with Gasteiger partial charge in [-0.2, -0.15) is 0 Å². The zero-order chi connectivity index (χ0) is 11.9. The summed E-state index contributed by atoms with van der Waals surface area (Å²) in [4.78, 5) is 5.80. The number of hydrogen-bond acceptors (Lipinski definition) is 3. The molecule has 0 aliphatic rings. The van der Waals surface area contributed by atoms with E-state index in [0.717, 1.165) is 26.1 Å². The summed E-state index contributed by atoms with van der Waals surface area (Å²) in [6.45, 7) is 5.23. The molecule has 0 unspecified atom stereocenters. The third kappa shape index (κ3) is 3.98. The molecule has 2 rings (SSSR count). The molecule has 1 N–H and O–H groups in total. The van der Waals surface area contributed by atoms with Gasteiger partial charge in [-0.05, 0) is 24.4 Å². The maximum atomic E-state index is 4.42. The van der Waals surface area contributed by atoms with Crippen LogP contribution in [0.1, 0.15) is 23.9 Å². The van der Waals surface area contributed by atoms with Gasteiger partial charge < -0.3 is 9.88 Å². The van der Waals surface area contributed by atoms with E-state index in [1.807, 2.05) is 6.33 Å². The van der Waals surface area contributed by atoms with Crippen molar-refractivity contribution in [3.8, 4) is 0 Å². The minimum Gasteiger partial charge on any atom is -0.332 e. The van der Waals surface area contributed by atoms with Crippen LogP contribution in [-0.2, 0) is 13.0 Å². The van der Waals surface area contributed by atoms with Gasteiger partial charge in [0.15, 0.2) is 0 Å². The second-order valence-electron chi connectivity index (χ2n) is 4.12. The molecule has 0 atom stereocenters. The number of nitrogens with zero attached hydrogens (tertiary/aromatic N) is 2. The zero-order valence-corrected chi connectivity index (χ0v) is 11.0. The van der Waals surface area contributed by atoms with Gasteiger partial charge in [0.25, 0.3) is 0 Å². The van der Waals surface area contributed by atoms with E-state index in [1.54, 1.807) is 11.3 Å². The predicted octanol–water partition coefficient (Wildman–Crippen LogP) is 2.54. The summed E-state index contributed by atoms with van der Waals surface area (Å²) in [5.74, 6) is 0. The average molecular weight is 249 g/mol. The quantitative estimate of drug-likeness (QED) is 0.764. The Balaban J connectivity index is 1.79. The Bertz CT molecular complexity index is 420. The Morgan fingerprint density at radius 2 is 2.35 bits per heavy atom. The van der Waals surface area contributed by atoms with Gasteiger partial charge in [-0.15, -0.1) is 11.3 Å². The van der Waals surface area contributed by atoms with Crippen LogP contribution in [0.4, 0.5) is 0 Å². The average Bonchev–Trinajstić information content (AvgIpc) is 2.97. The summed E-state index contributed by atoms with van der Waals surface area (Å²) in [5.41, 5.74) is 1.17. The Morgan fingerprint density at radius 3 is 3.12 bits per heavy atom. The molecule has 2 aromatic heterocycles. The van der Waals surface area contributed by atoms with Crippen molar-refractivity contribution in [2.75, 3.05) is 13.1 Å². The standard InChI is InChI=1S/C13H19N3S/c1-2-6-14-7-5-12-9-16(11-15-12)10-13-4-3-8-17-13/h3-4,8-9,11,14H,2,5-7,10H2,1H3. The van der Waals surface area contributed by atoms with Crippen molar-refractivity contribution in [2.24, 2.45) is 0 Å². The number of nitrogens with one attached hydrogen (secondary N) is 1. The summed E-state index contributed by atoms with van der Waals surface area (Å²) in [5, 5.41) is 5.50. The highest BCUT2D eigenvalue weighted by atomic mass is 32.1. The number of imidazole rings is 1. The van der Waals surface area contributed by atoms with E-state index in [-0.39, 0.29) is 0 Å². The second kappa shape index (κ2) is 6.57. The van der Waals surface area contributed by atoms with Crippen LogP contribution in [0.15, 0.2) is 30.0 Å². The summed E-state index contributed by atoms with van der Waals surface area (Å²) >= 11 is 1.79. The van der Waals surface area contributed by atoms with Crippen LogP contribution in [0.5, 0.6) is 0 Å². The summed E-state index contributed by atoms with van der Waals surface area (Å²) in [6, 6.07) is 4.25. The lowest BCUT2D eigenvalue weighted by molar-refractivity contribution is 0.666. The number of hydrogen-bond donors (Lipinski definition) is 1. The van der Waals surface area contributed by atoms with Gasteiger partial charge in [-0.1, -0.05) is 13.0 Å². The first-order valence-corrected chi connectivity index (χ1v) is 7.00. The lowest BCUT2D eigenvalue weighted by Crippen LogP contribution is -2.17. The molecule has 0 spiro atoms. The normalized spacial score (nSPS) is 10.9. The Hall–Kier alpha value is -1.13. The lowest BCUT2D eigenvalue weighted by atomic mass is 10.3. The third-order valence-electron chi connectivity index (χ3n) is 2.59. The van der Waals surface area contributed by atoms with Gasteiger partial charge in [0, 0.05) is 24.0 Å². The Labute approximate surface area is 107 Å². The van der Waals surface area contributed by atoms with Crippen LogP contribution in [-0.4, -0.2) is 22.6 Å². The molecule has 3 nitrogen and oxygen atoms in total. The van der Waals surface area contributed by atoms with Gasteiger partial charge in [-0.25, -0.2) is 4.98 Å². The van der Waals surface area contributed by atoms with Crippen molar-refractivity contribution < 1.29 is 0 Å². The Morgan fingerprint density at radius 1 is 1.41 bits per heavy atom. The van der Waals surface area contributed by atoms with Gasteiger partial charge in [0.2, 0.25) is 0 Å². The monoisotopic (exact) mass is 249 g/mol. The topological polar surface area (TPSA) is 29.9 Å². The molecule has 4 heteroatoms. The molecule has 92 valence electrons. The molecule has 2 heterocycles. The van der Waals surface area contributed by atoms with Crippen LogP contribution in [0, 0.1) is 0 Å². The Kier molecular flexibility index (Phi) is 4.76. The molecule has 0 radical (unpaired) electrons. The minimum atomic E-state index is 0.938. The fourth-order valence-corrected chi connectivity index (χ4v) is 2.44. The molecule has 0 amide bonds. The van der Waals surface area contributed by atoms with E-state index in [1.165, 1.54) is 17.0 Å². The SMILES string of the molecule is CCCNCCc1cn(Cc2cccs2)cn1. The first-order chi connectivity index (χ1) is 8.38. The molecule has 0 aliphatic heterocycles. The van der Waals surface area contributed by atoms with Crippen LogP contribution < -0.4 is 5.32 Å². The molecule has 0 bridgehead atoms. The third-order valence-corrected chi connectivity index (χ3v) is 3.45. The summed E-state index contributed by atoms with van der Waals surface area (Å²) in [6.07, 6.45) is 6.27. The zero-order valence-electron chi connectivity index (χ0n) is 10.2. The van der Waals surface area contributed by atoms with Crippen molar-refractivity contribution in [1.82, 2.24) is 14.9 Å². The maximum Gasteiger partial charge on any atom is 0.0952 e. The van der Waals surface area contributed by atoms with Crippen molar-refractivity contribution >= 4 is 11.3 Å². The molecule has 0 saturated heterocycles. The highest BCUT2D eigenvalue weighted by molar-refractivity contribution is 7.09. The van der Waals surface area contributed by atoms with E-state index >= 15 is 0 Å². The maximum absolute atomic E-state index is 4.42. The molecule has 17 heavy (non-hydrogen) atoms. The van der Waals surface area contributed by atoms with Gasteiger partial charge >= 0.3 is 0 Å². The van der Waals surface area contributed by atoms with Crippen molar-refractivity contribution in [3.05, 3.63) is 40.6 Å². The van der Waals surface area contributed by atoms with Crippen LogP contribution in [0.25, 0.3) is 0 Å². The first-order valence-electron chi connectivity index (χ1n) is 6.12. The molecule has 0 aliphatic carbocycles. The van der Waals surface area contributed by atoms with E-state index in [2.05, 4.69) is 45.5 Å². The largest absolute Gasteiger partial charge is 0.332 e. The number of thiophene rings is 1. The number of rotatable bonds is 7. The fraction of sp³-hybridized carbons (Fsp3) is 0.462. The van der Waals surface area contributed by atoms with Crippen molar-refractivity contribution in [2.45, 2.75) is 26.3 Å². The van der Waals surface area contributed by atoms with E-state index in [9.17, 15) is 0 Å². The molecular weight excluding hydrogens is 230 g/mol. The van der Waals surface area contributed by atoms with Gasteiger partial charge in [0.1, 0.15) is 0 Å². The van der Waals surface area contributed by atoms with E-state index < -0.39 is 0 Å². The second-order valence-corrected chi connectivity index (χ2v) is 5.15. The molecular formula is C13H19N3S. The highest BCUT2D eigenvalue weighted by Crippen LogP contribution is 2.10. The minimum absolute atomic E-state index is 0.938. The smallest absolute Gasteiger partial charge is 0.0952 e. The molecule has 0 saturated carbocycles. The van der Waals surface area contributed by atoms with Crippen molar-refractivity contribution in [3.63, 3.8) is 0 Å². The molecule has 0 aromatic carbocycles. The summed E-state index contributed by atoms with van der Waals surface area (Å²) < 4.78 is 2.15. The molecule has 0 fully saturated rings. The number of aromatic nitrogens is 2. The fourth-order valence-electron chi connectivity index (χ4n) is 1.72. The van der Waals surface area contributed by atoms with Gasteiger partial charge in [0.05, 0.1) is 18.6 Å². The van der Waals surface area contributed by atoms with Crippen LogP contribution in [0.3, 0.4) is 0 Å². The highest BCUT2D eigenvalue weighted by Gasteiger charge is 2.00. The van der Waals surface area contributed by atoms with E-state index in [0.29, 0.717) is 0 Å². The van der Waals surface area contributed by atoms with Crippen LogP contribution in [0.2, 0.25) is 0 Å². The molecule has 2 aromatic rings. The van der Waals surface area contributed by atoms with E-state index in [4.69, 9.17) is 0 Å². The van der Waals surface area contributed by atoms with Crippen molar-refractivity contribution in [1.29, 1.82) is 0 Å². The summed E-state index contributed by atoms with van der Waals surface area (Å²) in [7, 11) is 0. The predicted molar refractivity (Wildman–Crippen MR) is 72.5 cm³/mol. The lowest BCUT2D eigenvalue weighted by Gasteiger charge is -2.00. The van der Waals surface area contributed by atoms with Gasteiger partial charge in [-0.3, -0.25) is 0 Å².